The highest BCUT2D eigenvalue weighted by molar-refractivity contribution is 5.42. The molecule has 10 heteroatoms. The second-order valence-corrected chi connectivity index (χ2v) is 6.62. The average molecular weight is 366 g/mol. The summed E-state index contributed by atoms with van der Waals surface area (Å²) >= 11 is 0. The largest absolute Gasteiger partial charge is 0.435 e. The molecule has 4 rings (SSSR count). The van der Waals surface area contributed by atoms with Crippen LogP contribution in [-0.2, 0) is 26.2 Å². The van der Waals surface area contributed by atoms with Crippen molar-refractivity contribution in [1.29, 1.82) is 0 Å². The van der Waals surface area contributed by atoms with Crippen LogP contribution in [0.3, 0.4) is 0 Å². The van der Waals surface area contributed by atoms with Crippen LogP contribution in [0.5, 0.6) is 0 Å². The van der Waals surface area contributed by atoms with E-state index in [9.17, 15) is 22.7 Å². The van der Waals surface area contributed by atoms with Crippen molar-refractivity contribution in [2.24, 2.45) is 0 Å². The Balaban J connectivity index is 1.89. The first-order valence-electron chi connectivity index (χ1n) is 8.17. The SMILES string of the molecule is C[C@H]1C[C@@H](n2nc(C(F)(F)F)c3c2[C@H](O)[C@@H](F)C32OCCO2)CCO1. The Morgan fingerprint density at radius 2 is 1.92 bits per heavy atom. The van der Waals surface area contributed by atoms with E-state index in [4.69, 9.17) is 14.2 Å². The zero-order valence-electron chi connectivity index (χ0n) is 13.4. The molecular formula is C15H18F4N2O4. The Kier molecular flexibility index (Phi) is 3.87. The lowest BCUT2D eigenvalue weighted by molar-refractivity contribution is -0.222. The Morgan fingerprint density at radius 3 is 2.52 bits per heavy atom. The molecule has 6 nitrogen and oxygen atoms in total. The molecule has 1 aromatic rings. The van der Waals surface area contributed by atoms with Gasteiger partial charge in [-0.2, -0.15) is 18.3 Å². The molecule has 3 aliphatic rings. The normalized spacial score (nSPS) is 34.6. The molecule has 0 saturated carbocycles. The molecule has 2 saturated heterocycles. The predicted molar refractivity (Wildman–Crippen MR) is 74.4 cm³/mol. The van der Waals surface area contributed by atoms with E-state index in [0.717, 1.165) is 4.68 Å². The molecule has 4 atom stereocenters. The molecule has 1 aliphatic carbocycles. The van der Waals surface area contributed by atoms with Gasteiger partial charge in [0.2, 0.25) is 5.79 Å². The molecule has 140 valence electrons. The molecule has 3 heterocycles. The third-order valence-electron chi connectivity index (χ3n) is 5.00. The van der Waals surface area contributed by atoms with Crippen LogP contribution < -0.4 is 0 Å². The van der Waals surface area contributed by atoms with Gasteiger partial charge < -0.3 is 19.3 Å². The maximum absolute atomic E-state index is 14.8. The number of aromatic nitrogens is 2. The molecule has 2 fully saturated rings. The molecule has 0 radical (unpaired) electrons. The number of hydrogen-bond acceptors (Lipinski definition) is 5. The number of aliphatic hydroxyl groups excluding tert-OH is 1. The van der Waals surface area contributed by atoms with Crippen LogP contribution in [0.2, 0.25) is 0 Å². The first kappa shape index (κ1) is 17.2. The van der Waals surface area contributed by atoms with E-state index in [1.54, 1.807) is 6.92 Å². The minimum Gasteiger partial charge on any atom is -0.383 e. The Morgan fingerprint density at radius 1 is 1.24 bits per heavy atom. The minimum absolute atomic E-state index is 0.0522. The number of halogens is 4. The van der Waals surface area contributed by atoms with Crippen molar-refractivity contribution in [3.05, 3.63) is 17.0 Å². The number of hydrogen-bond donors (Lipinski definition) is 1. The molecule has 1 N–H and O–H groups in total. The molecule has 25 heavy (non-hydrogen) atoms. The topological polar surface area (TPSA) is 65.7 Å². The summed E-state index contributed by atoms with van der Waals surface area (Å²) in [5.74, 6) is -2.24. The zero-order valence-corrected chi connectivity index (χ0v) is 13.4. The first-order chi connectivity index (χ1) is 11.8. The summed E-state index contributed by atoms with van der Waals surface area (Å²) in [5.41, 5.74) is -2.00. The average Bonchev–Trinajstić information content (AvgIpc) is 3.22. The third kappa shape index (κ3) is 2.42. The highest BCUT2D eigenvalue weighted by atomic mass is 19.4. The molecule has 0 amide bonds. The van der Waals surface area contributed by atoms with Crippen LogP contribution in [-0.4, -0.2) is 47.0 Å². The molecule has 0 unspecified atom stereocenters. The van der Waals surface area contributed by atoms with E-state index in [-0.39, 0.29) is 25.0 Å². The molecule has 1 spiro atoms. The van der Waals surface area contributed by atoms with Gasteiger partial charge in [-0.25, -0.2) is 4.39 Å². The zero-order chi connectivity index (χ0) is 18.0. The number of ether oxygens (including phenoxy) is 3. The van der Waals surface area contributed by atoms with E-state index in [2.05, 4.69) is 5.10 Å². The van der Waals surface area contributed by atoms with Crippen molar-refractivity contribution in [3.8, 4) is 0 Å². The van der Waals surface area contributed by atoms with Gasteiger partial charge in [-0.15, -0.1) is 0 Å². The van der Waals surface area contributed by atoms with E-state index >= 15 is 0 Å². The lowest BCUT2D eigenvalue weighted by Gasteiger charge is -2.29. The smallest absolute Gasteiger partial charge is 0.383 e. The van der Waals surface area contributed by atoms with Gasteiger partial charge in [0.15, 0.2) is 11.9 Å². The van der Waals surface area contributed by atoms with Crippen molar-refractivity contribution < 1.29 is 36.9 Å². The number of fused-ring (bicyclic) bond motifs is 2. The van der Waals surface area contributed by atoms with Crippen LogP contribution >= 0.6 is 0 Å². The van der Waals surface area contributed by atoms with Crippen LogP contribution in [0.1, 0.15) is 48.9 Å². The van der Waals surface area contributed by atoms with Gasteiger partial charge in [0, 0.05) is 6.61 Å². The number of nitrogens with zero attached hydrogens (tertiary/aromatic N) is 2. The van der Waals surface area contributed by atoms with Crippen molar-refractivity contribution in [2.45, 2.75) is 56.2 Å². The predicted octanol–water partition coefficient (Wildman–Crippen LogP) is 2.23. The van der Waals surface area contributed by atoms with Crippen molar-refractivity contribution in [1.82, 2.24) is 9.78 Å². The summed E-state index contributed by atoms with van der Waals surface area (Å²) in [6.07, 6.45) is -8.08. The van der Waals surface area contributed by atoms with Crippen molar-refractivity contribution >= 4 is 0 Å². The highest BCUT2D eigenvalue weighted by Gasteiger charge is 2.64. The monoisotopic (exact) mass is 366 g/mol. The molecule has 1 aromatic heterocycles. The lowest BCUT2D eigenvalue weighted by Crippen LogP contribution is -2.37. The van der Waals surface area contributed by atoms with Gasteiger partial charge in [0.05, 0.1) is 36.6 Å². The summed E-state index contributed by atoms with van der Waals surface area (Å²) in [5, 5.41) is 14.1. The number of rotatable bonds is 1. The van der Waals surface area contributed by atoms with E-state index < -0.39 is 41.5 Å². The summed E-state index contributed by atoms with van der Waals surface area (Å²) in [6.45, 7) is 2.06. The van der Waals surface area contributed by atoms with Gasteiger partial charge in [0.1, 0.15) is 6.10 Å². The lowest BCUT2D eigenvalue weighted by atomic mass is 10.0. The van der Waals surface area contributed by atoms with Crippen LogP contribution in [0.15, 0.2) is 0 Å². The summed E-state index contributed by atoms with van der Waals surface area (Å²) < 4.78 is 72.5. The van der Waals surface area contributed by atoms with Gasteiger partial charge in [0.25, 0.3) is 0 Å². The third-order valence-corrected chi connectivity index (χ3v) is 5.00. The molecule has 2 aliphatic heterocycles. The Hall–Kier alpha value is -1.23. The highest BCUT2D eigenvalue weighted by Crippen LogP contribution is 2.55. The summed E-state index contributed by atoms with van der Waals surface area (Å²) in [4.78, 5) is 0. The fourth-order valence-corrected chi connectivity index (χ4v) is 3.96. The van der Waals surface area contributed by atoms with Gasteiger partial charge >= 0.3 is 6.18 Å². The minimum atomic E-state index is -4.82. The molecule has 0 aromatic carbocycles. The van der Waals surface area contributed by atoms with Crippen molar-refractivity contribution in [3.63, 3.8) is 0 Å². The second kappa shape index (κ2) is 5.63. The van der Waals surface area contributed by atoms with E-state index in [0.29, 0.717) is 19.4 Å². The maximum atomic E-state index is 14.8. The summed E-state index contributed by atoms with van der Waals surface area (Å²) in [7, 11) is 0. The van der Waals surface area contributed by atoms with Crippen LogP contribution in [0, 0.1) is 0 Å². The summed E-state index contributed by atoms with van der Waals surface area (Å²) in [6, 6.07) is -0.424. The number of alkyl halides is 4. The maximum Gasteiger partial charge on any atom is 0.435 e. The first-order valence-corrected chi connectivity index (χ1v) is 8.17. The van der Waals surface area contributed by atoms with E-state index in [1.165, 1.54) is 0 Å². The van der Waals surface area contributed by atoms with E-state index in [1.807, 2.05) is 0 Å². The Bertz CT molecular complexity index is 671. The van der Waals surface area contributed by atoms with Crippen LogP contribution in [0.4, 0.5) is 17.6 Å². The van der Waals surface area contributed by atoms with Crippen LogP contribution in [0.25, 0.3) is 0 Å². The van der Waals surface area contributed by atoms with Gasteiger partial charge in [-0.3, -0.25) is 4.68 Å². The van der Waals surface area contributed by atoms with Gasteiger partial charge in [-0.1, -0.05) is 0 Å². The van der Waals surface area contributed by atoms with Gasteiger partial charge in [-0.05, 0) is 19.8 Å². The fraction of sp³-hybridized carbons (Fsp3) is 0.800. The standard InChI is InChI=1S/C15H18F4N2O4/c1-7-6-8(2-3-23-7)21-10-9(13(20-21)15(17,18)19)14(12(16)11(10)22)24-4-5-25-14/h7-8,11-12,22H,2-6H2,1H3/t7-,8-,11-,12+/m0/s1. The molecular weight excluding hydrogens is 348 g/mol. The Labute approximate surface area is 140 Å². The second-order valence-electron chi connectivity index (χ2n) is 6.62. The quantitative estimate of drug-likeness (QED) is 0.772. The molecule has 0 bridgehead atoms. The number of aliphatic hydroxyl groups is 1. The fourth-order valence-electron chi connectivity index (χ4n) is 3.96. The van der Waals surface area contributed by atoms with Crippen molar-refractivity contribution in [2.75, 3.05) is 19.8 Å².